The first-order chi connectivity index (χ1) is 10.1. The molecular weight excluding hydrogens is 282 g/mol. The van der Waals surface area contributed by atoms with E-state index in [1.807, 2.05) is 24.3 Å². The third-order valence-electron chi connectivity index (χ3n) is 4.14. The molecule has 0 bridgehead atoms. The molecule has 2 aromatic rings. The van der Waals surface area contributed by atoms with E-state index in [0.717, 1.165) is 28.1 Å². The van der Waals surface area contributed by atoms with Crippen molar-refractivity contribution in [1.29, 1.82) is 5.26 Å². The number of hydrogen-bond acceptors (Lipinski definition) is 4. The van der Waals surface area contributed by atoms with Gasteiger partial charge in [0.05, 0.1) is 22.8 Å². The first-order valence-corrected chi connectivity index (χ1v) is 7.97. The van der Waals surface area contributed by atoms with Gasteiger partial charge in [0.25, 0.3) is 0 Å². The zero-order valence-electron chi connectivity index (χ0n) is 12.0. The summed E-state index contributed by atoms with van der Waals surface area (Å²) in [6.45, 7) is 0.474. The molecule has 0 aliphatic heterocycles. The number of carbonyl (C=O) groups excluding carboxylic acids is 1. The van der Waals surface area contributed by atoms with Crippen LogP contribution in [0.4, 0.5) is 0 Å². The second kappa shape index (κ2) is 5.45. The van der Waals surface area contributed by atoms with Gasteiger partial charge in [-0.2, -0.15) is 5.26 Å². The lowest BCUT2D eigenvalue weighted by Crippen LogP contribution is -2.39. The fourth-order valence-electron chi connectivity index (χ4n) is 2.98. The van der Waals surface area contributed by atoms with Crippen LogP contribution in [-0.4, -0.2) is 22.8 Å². The van der Waals surface area contributed by atoms with Crippen LogP contribution in [0.25, 0.3) is 10.2 Å². The van der Waals surface area contributed by atoms with Gasteiger partial charge in [-0.3, -0.25) is 4.79 Å². The summed E-state index contributed by atoms with van der Waals surface area (Å²) in [5.74, 6) is -0.0539. The summed E-state index contributed by atoms with van der Waals surface area (Å²) in [6, 6.07) is 10.2. The molecule has 1 amide bonds. The monoisotopic (exact) mass is 299 g/mol. The highest BCUT2D eigenvalue weighted by molar-refractivity contribution is 7.18. The highest BCUT2D eigenvalue weighted by Crippen LogP contribution is 2.39. The van der Waals surface area contributed by atoms with E-state index in [1.54, 1.807) is 23.3 Å². The number of nitrogens with zero attached hydrogens (tertiary/aromatic N) is 3. The maximum absolute atomic E-state index is 12.6. The lowest BCUT2D eigenvalue weighted by molar-refractivity contribution is -0.138. The number of nitriles is 1. The Morgan fingerprint density at radius 3 is 2.81 bits per heavy atom. The molecule has 108 valence electrons. The molecule has 0 unspecified atom stereocenters. The molecule has 21 heavy (non-hydrogen) atoms. The van der Waals surface area contributed by atoms with E-state index in [4.69, 9.17) is 0 Å². The number of benzene rings is 1. The number of amides is 1. The van der Waals surface area contributed by atoms with Crippen molar-refractivity contribution in [2.24, 2.45) is 5.41 Å². The molecule has 4 nitrogen and oxygen atoms in total. The molecule has 1 aliphatic carbocycles. The number of hydrogen-bond donors (Lipinski definition) is 0. The minimum absolute atomic E-state index is 0.0539. The molecule has 0 spiro atoms. The van der Waals surface area contributed by atoms with E-state index in [9.17, 15) is 10.1 Å². The van der Waals surface area contributed by atoms with Gasteiger partial charge < -0.3 is 4.90 Å². The van der Waals surface area contributed by atoms with E-state index in [2.05, 4.69) is 11.1 Å². The topological polar surface area (TPSA) is 57.0 Å². The summed E-state index contributed by atoms with van der Waals surface area (Å²) in [6.07, 6.45) is 3.31. The van der Waals surface area contributed by atoms with Crippen LogP contribution in [-0.2, 0) is 11.3 Å². The molecule has 1 heterocycles. The predicted molar refractivity (Wildman–Crippen MR) is 82.6 cm³/mol. The lowest BCUT2D eigenvalue weighted by atomic mass is 9.86. The van der Waals surface area contributed by atoms with Gasteiger partial charge in [-0.1, -0.05) is 25.0 Å². The molecule has 1 aliphatic rings. The van der Waals surface area contributed by atoms with Crippen molar-refractivity contribution in [2.75, 3.05) is 7.05 Å². The van der Waals surface area contributed by atoms with Gasteiger partial charge in [0.2, 0.25) is 5.91 Å². The molecule has 1 fully saturated rings. The Hall–Kier alpha value is -1.93. The normalized spacial score (nSPS) is 16.8. The van der Waals surface area contributed by atoms with E-state index in [-0.39, 0.29) is 5.91 Å². The van der Waals surface area contributed by atoms with Crippen LogP contribution in [0.5, 0.6) is 0 Å². The van der Waals surface area contributed by atoms with E-state index < -0.39 is 5.41 Å². The summed E-state index contributed by atoms with van der Waals surface area (Å²) in [5, 5.41) is 10.3. The Kier molecular flexibility index (Phi) is 3.64. The van der Waals surface area contributed by atoms with Gasteiger partial charge in [-0.05, 0) is 25.0 Å². The van der Waals surface area contributed by atoms with Crippen LogP contribution in [0, 0.1) is 16.7 Å². The van der Waals surface area contributed by atoms with Gasteiger partial charge in [0.15, 0.2) is 0 Å². The van der Waals surface area contributed by atoms with Crippen LogP contribution < -0.4 is 0 Å². The fraction of sp³-hybridized carbons (Fsp3) is 0.438. The summed E-state index contributed by atoms with van der Waals surface area (Å²) >= 11 is 1.60. The highest BCUT2D eigenvalue weighted by Gasteiger charge is 2.43. The summed E-state index contributed by atoms with van der Waals surface area (Å²) in [5.41, 5.74) is 0.167. The maximum atomic E-state index is 12.6. The minimum atomic E-state index is -0.800. The third kappa shape index (κ3) is 2.52. The lowest BCUT2D eigenvalue weighted by Gasteiger charge is -2.25. The van der Waals surface area contributed by atoms with Gasteiger partial charge in [-0.25, -0.2) is 4.98 Å². The van der Waals surface area contributed by atoms with Crippen molar-refractivity contribution < 1.29 is 4.79 Å². The largest absolute Gasteiger partial charge is 0.338 e. The Morgan fingerprint density at radius 1 is 1.43 bits per heavy atom. The SMILES string of the molecule is CN(Cc1nc2ccccc2s1)C(=O)C1(C#N)CCCC1. The first-order valence-electron chi connectivity index (χ1n) is 7.16. The molecule has 1 saturated carbocycles. The second-order valence-corrected chi connectivity index (χ2v) is 6.75. The van der Waals surface area contributed by atoms with E-state index >= 15 is 0 Å². The molecule has 3 rings (SSSR count). The van der Waals surface area contributed by atoms with Gasteiger partial charge in [-0.15, -0.1) is 11.3 Å². The summed E-state index contributed by atoms with van der Waals surface area (Å²) in [4.78, 5) is 18.8. The molecule has 0 atom stereocenters. The zero-order valence-corrected chi connectivity index (χ0v) is 12.8. The van der Waals surface area contributed by atoms with Gasteiger partial charge in [0.1, 0.15) is 10.4 Å². The van der Waals surface area contributed by atoms with Crippen molar-refractivity contribution in [2.45, 2.75) is 32.2 Å². The van der Waals surface area contributed by atoms with Crippen LogP contribution >= 0.6 is 11.3 Å². The van der Waals surface area contributed by atoms with Crippen molar-refractivity contribution in [3.05, 3.63) is 29.3 Å². The number of carbonyl (C=O) groups is 1. The number of fused-ring (bicyclic) bond motifs is 1. The number of aromatic nitrogens is 1. The van der Waals surface area contributed by atoms with Crippen molar-refractivity contribution in [3.63, 3.8) is 0 Å². The van der Waals surface area contributed by atoms with Gasteiger partial charge >= 0.3 is 0 Å². The quantitative estimate of drug-likeness (QED) is 0.873. The third-order valence-corrected chi connectivity index (χ3v) is 5.16. The summed E-state index contributed by atoms with van der Waals surface area (Å²) in [7, 11) is 1.77. The van der Waals surface area contributed by atoms with Crippen LogP contribution in [0.1, 0.15) is 30.7 Å². The van der Waals surface area contributed by atoms with Crippen LogP contribution in [0.3, 0.4) is 0 Å². The maximum Gasteiger partial charge on any atom is 0.243 e. The molecule has 0 N–H and O–H groups in total. The highest BCUT2D eigenvalue weighted by atomic mass is 32.1. The molecular formula is C16H17N3OS. The zero-order chi connectivity index (χ0) is 14.9. The van der Waals surface area contributed by atoms with Crippen molar-refractivity contribution in [1.82, 2.24) is 9.88 Å². The Labute approximate surface area is 128 Å². The molecule has 5 heteroatoms. The Morgan fingerprint density at radius 2 is 2.14 bits per heavy atom. The smallest absolute Gasteiger partial charge is 0.243 e. The number of thiazole rings is 1. The number of para-hydroxylation sites is 1. The molecule has 1 aromatic heterocycles. The van der Waals surface area contributed by atoms with Crippen LogP contribution in [0.2, 0.25) is 0 Å². The van der Waals surface area contributed by atoms with Gasteiger partial charge in [0, 0.05) is 7.05 Å². The first kappa shape index (κ1) is 14.0. The Bertz CT molecular complexity index is 677. The van der Waals surface area contributed by atoms with Crippen LogP contribution in [0.15, 0.2) is 24.3 Å². The summed E-state index contributed by atoms with van der Waals surface area (Å²) < 4.78 is 1.13. The van der Waals surface area contributed by atoms with E-state index in [1.165, 1.54) is 0 Å². The molecule has 0 saturated heterocycles. The Balaban J connectivity index is 1.78. The second-order valence-electron chi connectivity index (χ2n) is 5.64. The van der Waals surface area contributed by atoms with Crippen molar-refractivity contribution >= 4 is 27.5 Å². The van der Waals surface area contributed by atoms with Crippen molar-refractivity contribution in [3.8, 4) is 6.07 Å². The molecule has 0 radical (unpaired) electrons. The van der Waals surface area contributed by atoms with E-state index in [0.29, 0.717) is 19.4 Å². The number of rotatable bonds is 3. The average Bonchev–Trinajstić information content (AvgIpc) is 3.13. The standard InChI is InChI=1S/C16H17N3OS/c1-19(15(20)16(11-17)8-4-5-9-16)10-14-18-12-6-2-3-7-13(12)21-14/h2-3,6-7H,4-5,8-10H2,1H3. The predicted octanol–water partition coefficient (Wildman–Crippen LogP) is 3.34. The molecule has 1 aromatic carbocycles. The average molecular weight is 299 g/mol. The minimum Gasteiger partial charge on any atom is -0.338 e. The fourth-order valence-corrected chi connectivity index (χ4v) is 4.00.